The monoisotopic (exact) mass is 360 g/mol. The molecule has 1 atom stereocenters. The van der Waals surface area contributed by atoms with E-state index >= 15 is 0 Å². The molecule has 24 heavy (non-hydrogen) atoms. The van der Waals surface area contributed by atoms with E-state index < -0.39 is 0 Å². The number of hydrogen-bond acceptors (Lipinski definition) is 2. The van der Waals surface area contributed by atoms with Gasteiger partial charge in [-0.1, -0.05) is 53.5 Å². The SMILES string of the molecule is Clc1ccc(OC(CCc2ccccc2)Cn2ccnc2)cc1Cl. The molecule has 124 valence electrons. The molecule has 1 aromatic heterocycles. The van der Waals surface area contributed by atoms with Crippen molar-refractivity contribution in [1.82, 2.24) is 9.55 Å². The Morgan fingerprint density at radius 2 is 1.88 bits per heavy atom. The molecule has 3 nitrogen and oxygen atoms in total. The fourth-order valence-corrected chi connectivity index (χ4v) is 2.82. The molecule has 3 aromatic rings. The van der Waals surface area contributed by atoms with E-state index in [4.69, 9.17) is 27.9 Å². The third kappa shape index (κ3) is 4.76. The first-order chi connectivity index (χ1) is 11.7. The average molecular weight is 361 g/mol. The number of rotatable bonds is 7. The molecule has 1 unspecified atom stereocenters. The fraction of sp³-hybridized carbons (Fsp3) is 0.211. The summed E-state index contributed by atoms with van der Waals surface area (Å²) in [6, 6.07) is 15.8. The van der Waals surface area contributed by atoms with Crippen LogP contribution >= 0.6 is 23.2 Å². The van der Waals surface area contributed by atoms with Crippen LogP contribution in [0.25, 0.3) is 0 Å². The molecule has 5 heteroatoms. The molecule has 1 heterocycles. The molecule has 0 aliphatic rings. The van der Waals surface area contributed by atoms with Crippen LogP contribution in [-0.2, 0) is 13.0 Å². The zero-order valence-electron chi connectivity index (χ0n) is 13.1. The van der Waals surface area contributed by atoms with Gasteiger partial charge in [0, 0.05) is 18.5 Å². The highest BCUT2D eigenvalue weighted by atomic mass is 35.5. The summed E-state index contributed by atoms with van der Waals surface area (Å²) in [6.45, 7) is 0.729. The van der Waals surface area contributed by atoms with Crippen molar-refractivity contribution in [3.05, 3.63) is 82.9 Å². The van der Waals surface area contributed by atoms with Crippen LogP contribution in [-0.4, -0.2) is 15.7 Å². The molecule has 0 bridgehead atoms. The smallest absolute Gasteiger partial charge is 0.121 e. The molecule has 0 saturated heterocycles. The van der Waals surface area contributed by atoms with Gasteiger partial charge in [-0.2, -0.15) is 0 Å². The lowest BCUT2D eigenvalue weighted by molar-refractivity contribution is 0.170. The van der Waals surface area contributed by atoms with Crippen molar-refractivity contribution < 1.29 is 4.74 Å². The van der Waals surface area contributed by atoms with Crippen LogP contribution in [0.1, 0.15) is 12.0 Å². The second-order valence-electron chi connectivity index (χ2n) is 5.60. The first-order valence-electron chi connectivity index (χ1n) is 7.82. The van der Waals surface area contributed by atoms with Crippen molar-refractivity contribution in [3.63, 3.8) is 0 Å². The Labute approximate surface area is 151 Å². The number of hydrogen-bond donors (Lipinski definition) is 0. The lowest BCUT2D eigenvalue weighted by atomic mass is 10.1. The van der Waals surface area contributed by atoms with E-state index in [0.29, 0.717) is 10.0 Å². The van der Waals surface area contributed by atoms with E-state index in [0.717, 1.165) is 25.1 Å². The number of ether oxygens (including phenoxy) is 1. The third-order valence-electron chi connectivity index (χ3n) is 3.77. The van der Waals surface area contributed by atoms with Crippen molar-refractivity contribution in [3.8, 4) is 5.75 Å². The summed E-state index contributed by atoms with van der Waals surface area (Å²) in [5.41, 5.74) is 1.30. The molecule has 2 aromatic carbocycles. The molecule has 0 aliphatic heterocycles. The summed E-state index contributed by atoms with van der Waals surface area (Å²) < 4.78 is 8.17. The average Bonchev–Trinajstić information content (AvgIpc) is 3.10. The maximum Gasteiger partial charge on any atom is 0.121 e. The van der Waals surface area contributed by atoms with Gasteiger partial charge >= 0.3 is 0 Å². The van der Waals surface area contributed by atoms with Crippen molar-refractivity contribution >= 4 is 23.2 Å². The molecule has 0 amide bonds. The maximum atomic E-state index is 6.15. The van der Waals surface area contributed by atoms with Crippen LogP contribution in [0.5, 0.6) is 5.75 Å². The molecule has 0 saturated carbocycles. The predicted octanol–water partition coefficient (Wildman–Crippen LogP) is 5.27. The van der Waals surface area contributed by atoms with Gasteiger partial charge in [0.15, 0.2) is 0 Å². The van der Waals surface area contributed by atoms with Gasteiger partial charge in [-0.05, 0) is 30.5 Å². The van der Waals surface area contributed by atoms with Crippen LogP contribution < -0.4 is 4.74 Å². The first-order valence-corrected chi connectivity index (χ1v) is 8.57. The predicted molar refractivity (Wildman–Crippen MR) is 97.9 cm³/mol. The van der Waals surface area contributed by atoms with Gasteiger partial charge in [0.25, 0.3) is 0 Å². The van der Waals surface area contributed by atoms with E-state index in [9.17, 15) is 0 Å². The van der Waals surface area contributed by atoms with Gasteiger partial charge in [-0.25, -0.2) is 4.98 Å². The fourth-order valence-electron chi connectivity index (χ4n) is 2.53. The van der Waals surface area contributed by atoms with Crippen LogP contribution in [0.15, 0.2) is 67.3 Å². The Morgan fingerprint density at radius 1 is 1.04 bits per heavy atom. The van der Waals surface area contributed by atoms with Gasteiger partial charge in [0.1, 0.15) is 11.9 Å². The largest absolute Gasteiger partial charge is 0.489 e. The highest BCUT2D eigenvalue weighted by Crippen LogP contribution is 2.27. The first kappa shape index (κ1) is 16.9. The van der Waals surface area contributed by atoms with Crippen molar-refractivity contribution in [2.75, 3.05) is 0 Å². The van der Waals surface area contributed by atoms with E-state index in [2.05, 4.69) is 29.2 Å². The van der Waals surface area contributed by atoms with Crippen molar-refractivity contribution in [1.29, 1.82) is 0 Å². The summed E-state index contributed by atoms with van der Waals surface area (Å²) in [5.74, 6) is 0.725. The maximum absolute atomic E-state index is 6.15. The molecular weight excluding hydrogens is 343 g/mol. The standard InChI is InChI=1S/C19H18Cl2N2O/c20-18-9-8-16(12-19(18)21)24-17(13-23-11-10-22-14-23)7-6-15-4-2-1-3-5-15/h1-5,8-12,14,17H,6-7,13H2. The number of aryl methyl sites for hydroxylation is 1. The van der Waals surface area contributed by atoms with Crippen LogP contribution in [0, 0.1) is 0 Å². The highest BCUT2D eigenvalue weighted by Gasteiger charge is 2.13. The Bertz CT molecular complexity index is 760. The lowest BCUT2D eigenvalue weighted by Gasteiger charge is -2.20. The van der Waals surface area contributed by atoms with Gasteiger partial charge in [-0.3, -0.25) is 0 Å². The second-order valence-corrected chi connectivity index (χ2v) is 6.41. The van der Waals surface area contributed by atoms with E-state index in [1.165, 1.54) is 5.56 Å². The van der Waals surface area contributed by atoms with Crippen LogP contribution in [0.3, 0.4) is 0 Å². The van der Waals surface area contributed by atoms with E-state index in [-0.39, 0.29) is 6.10 Å². The Hall–Kier alpha value is -1.97. The Morgan fingerprint density at radius 3 is 2.58 bits per heavy atom. The van der Waals surface area contributed by atoms with Gasteiger partial charge in [0.2, 0.25) is 0 Å². The van der Waals surface area contributed by atoms with Crippen LogP contribution in [0.4, 0.5) is 0 Å². The highest BCUT2D eigenvalue weighted by molar-refractivity contribution is 6.42. The van der Waals surface area contributed by atoms with Gasteiger partial charge < -0.3 is 9.30 Å². The minimum absolute atomic E-state index is 0.0108. The normalized spacial score (nSPS) is 12.1. The zero-order chi connectivity index (χ0) is 16.8. The number of aromatic nitrogens is 2. The summed E-state index contributed by atoms with van der Waals surface area (Å²) in [7, 11) is 0. The second kappa shape index (κ2) is 8.22. The molecule has 0 N–H and O–H groups in total. The van der Waals surface area contributed by atoms with Gasteiger partial charge in [-0.15, -0.1) is 0 Å². The molecular formula is C19H18Cl2N2O. The summed E-state index contributed by atoms with van der Waals surface area (Å²) in [6.07, 6.45) is 7.36. The molecule has 0 aliphatic carbocycles. The molecule has 0 radical (unpaired) electrons. The van der Waals surface area contributed by atoms with Crippen LogP contribution in [0.2, 0.25) is 10.0 Å². The van der Waals surface area contributed by atoms with E-state index in [1.54, 1.807) is 24.7 Å². The Kier molecular flexibility index (Phi) is 5.78. The molecule has 0 fully saturated rings. The summed E-state index contributed by atoms with van der Waals surface area (Å²) in [4.78, 5) is 4.10. The minimum atomic E-state index is 0.0108. The topological polar surface area (TPSA) is 27.1 Å². The number of imidazole rings is 1. The minimum Gasteiger partial charge on any atom is -0.489 e. The van der Waals surface area contributed by atoms with Crippen molar-refractivity contribution in [2.24, 2.45) is 0 Å². The third-order valence-corrected chi connectivity index (χ3v) is 4.50. The summed E-state index contributed by atoms with van der Waals surface area (Å²) >= 11 is 12.1. The van der Waals surface area contributed by atoms with E-state index in [1.807, 2.05) is 22.9 Å². The van der Waals surface area contributed by atoms with Crippen molar-refractivity contribution in [2.45, 2.75) is 25.5 Å². The number of halogens is 2. The zero-order valence-corrected chi connectivity index (χ0v) is 14.6. The lowest BCUT2D eigenvalue weighted by Crippen LogP contribution is -2.23. The van der Waals surface area contributed by atoms with Gasteiger partial charge in [0.05, 0.1) is 22.9 Å². The number of nitrogens with zero attached hydrogens (tertiary/aromatic N) is 2. The molecule has 0 spiro atoms. The molecule has 3 rings (SSSR count). The summed E-state index contributed by atoms with van der Waals surface area (Å²) in [5, 5.41) is 1.03. The Balaban J connectivity index is 1.69. The number of benzene rings is 2. The quantitative estimate of drug-likeness (QED) is 0.573.